The molecule has 0 saturated heterocycles. The van der Waals surface area contributed by atoms with Crippen LogP contribution in [0.4, 0.5) is 19.1 Å². The average Bonchev–Trinajstić information content (AvgIpc) is 3.22. The van der Waals surface area contributed by atoms with Crippen molar-refractivity contribution < 1.29 is 22.6 Å². The van der Waals surface area contributed by atoms with Gasteiger partial charge in [0.15, 0.2) is 0 Å². The molecule has 3 aromatic rings. The molecule has 0 fully saturated rings. The van der Waals surface area contributed by atoms with E-state index in [2.05, 4.69) is 20.2 Å². The maximum Gasteiger partial charge on any atom is 0.416 e. The van der Waals surface area contributed by atoms with Gasteiger partial charge in [-0.15, -0.1) is 0 Å². The molecule has 7 nitrogen and oxygen atoms in total. The number of halogens is 3. The minimum atomic E-state index is -4.37. The van der Waals surface area contributed by atoms with Gasteiger partial charge in [-0.1, -0.05) is 18.2 Å². The molecule has 0 aliphatic carbocycles. The molecule has 2 N–H and O–H groups in total. The predicted octanol–water partition coefficient (Wildman–Crippen LogP) is 4.67. The van der Waals surface area contributed by atoms with E-state index >= 15 is 0 Å². The summed E-state index contributed by atoms with van der Waals surface area (Å²) in [7, 11) is 1.46. The van der Waals surface area contributed by atoms with Crippen molar-refractivity contribution in [1.82, 2.24) is 9.97 Å². The van der Waals surface area contributed by atoms with Gasteiger partial charge in [0.25, 0.3) is 0 Å². The Hall–Kier alpha value is -3.95. The largest absolute Gasteiger partial charge is 0.481 e. The number of ether oxygens (including phenoxy) is 2. The summed E-state index contributed by atoms with van der Waals surface area (Å²) in [5.41, 5.74) is 7.75. The van der Waals surface area contributed by atoms with Gasteiger partial charge < -0.3 is 15.2 Å². The smallest absolute Gasteiger partial charge is 0.416 e. The molecule has 0 radical (unpaired) electrons. The van der Waals surface area contributed by atoms with E-state index in [9.17, 15) is 13.2 Å². The Bertz CT molecular complexity index is 1190. The number of nitrogens with zero attached hydrogens (tertiary/aromatic N) is 4. The van der Waals surface area contributed by atoms with E-state index in [1.54, 1.807) is 18.2 Å². The molecule has 0 amide bonds. The Kier molecular flexibility index (Phi) is 5.76. The SMILES string of the molecule is COc1cc(Oc2ccc(C3=NN=C(Cc4cccc(C(F)(F)F)c4)C3)cc2)nc(N)n1. The highest BCUT2D eigenvalue weighted by atomic mass is 19.4. The molecule has 0 bridgehead atoms. The third-order valence-electron chi connectivity index (χ3n) is 4.66. The van der Waals surface area contributed by atoms with E-state index in [4.69, 9.17) is 15.2 Å². The van der Waals surface area contributed by atoms with Crippen LogP contribution >= 0.6 is 0 Å². The molecule has 1 aliphatic heterocycles. The normalized spacial score (nSPS) is 13.5. The molecule has 0 saturated carbocycles. The third kappa shape index (κ3) is 5.02. The quantitative estimate of drug-likeness (QED) is 0.600. The molecule has 2 heterocycles. The monoisotopic (exact) mass is 441 g/mol. The van der Waals surface area contributed by atoms with Gasteiger partial charge in [0.05, 0.1) is 30.2 Å². The van der Waals surface area contributed by atoms with Crippen LogP contribution in [0.15, 0.2) is 64.8 Å². The first-order valence-electron chi connectivity index (χ1n) is 9.55. The number of nitrogens with two attached hydrogens (primary N) is 1. The summed E-state index contributed by atoms with van der Waals surface area (Å²) in [6, 6.07) is 13.9. The first kappa shape index (κ1) is 21.3. The molecule has 2 aromatic carbocycles. The highest BCUT2D eigenvalue weighted by molar-refractivity contribution is 6.15. The third-order valence-corrected chi connectivity index (χ3v) is 4.66. The van der Waals surface area contributed by atoms with Gasteiger partial charge in [0, 0.05) is 12.8 Å². The first-order chi connectivity index (χ1) is 15.3. The second kappa shape index (κ2) is 8.66. The zero-order valence-electron chi connectivity index (χ0n) is 16.9. The van der Waals surface area contributed by atoms with Crippen molar-refractivity contribution >= 4 is 17.4 Å². The number of methoxy groups -OCH3 is 1. The van der Waals surface area contributed by atoms with E-state index in [0.29, 0.717) is 29.9 Å². The Morgan fingerprint density at radius 2 is 1.72 bits per heavy atom. The molecule has 10 heteroatoms. The highest BCUT2D eigenvalue weighted by Gasteiger charge is 2.30. The molecule has 0 unspecified atom stereocenters. The van der Waals surface area contributed by atoms with Crippen LogP contribution in [0, 0.1) is 0 Å². The molecule has 164 valence electrons. The maximum absolute atomic E-state index is 12.9. The number of alkyl halides is 3. The number of aromatic nitrogens is 2. The lowest BCUT2D eigenvalue weighted by Gasteiger charge is -2.09. The number of hydrogen-bond acceptors (Lipinski definition) is 7. The lowest BCUT2D eigenvalue weighted by Crippen LogP contribution is -2.09. The molecule has 0 atom stereocenters. The lowest BCUT2D eigenvalue weighted by atomic mass is 10.00. The fourth-order valence-electron chi connectivity index (χ4n) is 3.16. The second-order valence-electron chi connectivity index (χ2n) is 7.00. The molecular weight excluding hydrogens is 423 g/mol. The Balaban J connectivity index is 1.39. The zero-order valence-corrected chi connectivity index (χ0v) is 16.9. The van der Waals surface area contributed by atoms with Gasteiger partial charge in [-0.05, 0) is 41.5 Å². The minimum absolute atomic E-state index is 0.0294. The van der Waals surface area contributed by atoms with Gasteiger partial charge >= 0.3 is 6.18 Å². The molecule has 0 spiro atoms. The van der Waals surface area contributed by atoms with E-state index in [1.807, 2.05) is 12.1 Å². The van der Waals surface area contributed by atoms with Gasteiger partial charge in [0.2, 0.25) is 17.7 Å². The van der Waals surface area contributed by atoms with E-state index in [-0.39, 0.29) is 17.7 Å². The second-order valence-corrected chi connectivity index (χ2v) is 7.00. The summed E-state index contributed by atoms with van der Waals surface area (Å²) in [5.74, 6) is 1.08. The number of nitrogen functional groups attached to an aromatic ring is 1. The maximum atomic E-state index is 12.9. The molecule has 32 heavy (non-hydrogen) atoms. The van der Waals surface area contributed by atoms with Gasteiger partial charge in [0.1, 0.15) is 5.75 Å². The Morgan fingerprint density at radius 3 is 2.44 bits per heavy atom. The van der Waals surface area contributed by atoms with Crippen LogP contribution in [-0.4, -0.2) is 28.5 Å². The van der Waals surface area contributed by atoms with Crippen LogP contribution < -0.4 is 15.2 Å². The number of benzene rings is 2. The van der Waals surface area contributed by atoms with Crippen LogP contribution in [0.2, 0.25) is 0 Å². The Morgan fingerprint density at radius 1 is 0.969 bits per heavy atom. The van der Waals surface area contributed by atoms with Crippen molar-refractivity contribution in [2.24, 2.45) is 10.2 Å². The fraction of sp³-hybridized carbons (Fsp3) is 0.182. The van der Waals surface area contributed by atoms with Crippen molar-refractivity contribution in [2.45, 2.75) is 19.0 Å². The topological polar surface area (TPSA) is 95.0 Å². The number of hydrogen-bond donors (Lipinski definition) is 1. The van der Waals surface area contributed by atoms with Crippen molar-refractivity contribution in [1.29, 1.82) is 0 Å². The van der Waals surface area contributed by atoms with E-state index < -0.39 is 11.7 Å². The highest BCUT2D eigenvalue weighted by Crippen LogP contribution is 2.30. The summed E-state index contributed by atoms with van der Waals surface area (Å²) in [4.78, 5) is 7.89. The van der Waals surface area contributed by atoms with Crippen molar-refractivity contribution in [3.05, 3.63) is 71.3 Å². The number of anilines is 1. The van der Waals surface area contributed by atoms with E-state index in [0.717, 1.165) is 23.4 Å². The standard InChI is InChI=1S/C22H18F3N5O2/c1-31-19-12-20(28-21(26)27-19)32-17-7-5-14(6-8-17)18-11-16(29-30-18)10-13-3-2-4-15(9-13)22(23,24)25/h2-9,12H,10-11H2,1H3,(H2,26,27,28). The van der Waals surface area contributed by atoms with Crippen LogP contribution in [0.25, 0.3) is 0 Å². The molecule has 1 aromatic heterocycles. The van der Waals surface area contributed by atoms with Crippen molar-refractivity contribution in [3.63, 3.8) is 0 Å². The molecule has 1 aliphatic rings. The summed E-state index contributed by atoms with van der Waals surface area (Å²) in [5, 5.41) is 8.34. The summed E-state index contributed by atoms with van der Waals surface area (Å²) >= 11 is 0. The van der Waals surface area contributed by atoms with Crippen LogP contribution in [-0.2, 0) is 12.6 Å². The summed E-state index contributed by atoms with van der Waals surface area (Å²) < 4.78 is 49.5. The van der Waals surface area contributed by atoms with Gasteiger partial charge in [-0.2, -0.15) is 33.3 Å². The number of rotatable bonds is 6. The fourth-order valence-corrected chi connectivity index (χ4v) is 3.16. The van der Waals surface area contributed by atoms with Crippen molar-refractivity contribution in [2.75, 3.05) is 12.8 Å². The van der Waals surface area contributed by atoms with Gasteiger partial charge in [-0.25, -0.2) is 0 Å². The lowest BCUT2D eigenvalue weighted by molar-refractivity contribution is -0.137. The van der Waals surface area contributed by atoms with Crippen LogP contribution in [0.3, 0.4) is 0 Å². The van der Waals surface area contributed by atoms with E-state index in [1.165, 1.54) is 19.2 Å². The van der Waals surface area contributed by atoms with Crippen molar-refractivity contribution in [3.8, 4) is 17.5 Å². The van der Waals surface area contributed by atoms with Gasteiger partial charge in [-0.3, -0.25) is 0 Å². The summed E-state index contributed by atoms with van der Waals surface area (Å²) in [6.07, 6.45) is -3.62. The average molecular weight is 441 g/mol. The van der Waals surface area contributed by atoms with Crippen LogP contribution in [0.5, 0.6) is 17.5 Å². The summed E-state index contributed by atoms with van der Waals surface area (Å²) in [6.45, 7) is 0. The zero-order chi connectivity index (χ0) is 22.7. The Labute approximate surface area is 181 Å². The van der Waals surface area contributed by atoms with Crippen LogP contribution in [0.1, 0.15) is 23.1 Å². The minimum Gasteiger partial charge on any atom is -0.481 e. The molecule has 4 rings (SSSR count). The molecular formula is C22H18F3N5O2. The predicted molar refractivity (Wildman–Crippen MR) is 113 cm³/mol. The first-order valence-corrected chi connectivity index (χ1v) is 9.55.